The zero-order chi connectivity index (χ0) is 11.1. The highest BCUT2D eigenvalue weighted by Crippen LogP contribution is 2.38. The predicted octanol–water partition coefficient (Wildman–Crippen LogP) is 3.34. The maximum atomic E-state index is 10.1. The molecule has 82 valence electrons. The molecular formula is C12H10ClNOS. The Hall–Kier alpha value is -0.900. The number of aromatic nitrogens is 1. The van der Waals surface area contributed by atoms with Crippen LogP contribution in [0.25, 0.3) is 0 Å². The molecule has 1 aromatic heterocycles. The van der Waals surface area contributed by atoms with E-state index < -0.39 is 6.10 Å². The topological polar surface area (TPSA) is 25.2 Å². The molecule has 1 aromatic carbocycles. The van der Waals surface area contributed by atoms with Gasteiger partial charge in [0.1, 0.15) is 0 Å². The summed E-state index contributed by atoms with van der Waals surface area (Å²) in [7, 11) is 0. The average Bonchev–Trinajstić information content (AvgIpc) is 2.63. The molecule has 1 aliphatic rings. The minimum atomic E-state index is -0.491. The number of fused-ring (bicyclic) bond motifs is 2. The van der Waals surface area contributed by atoms with Gasteiger partial charge in [-0.15, -0.1) is 0 Å². The third kappa shape index (κ3) is 1.65. The van der Waals surface area contributed by atoms with E-state index in [1.54, 1.807) is 11.8 Å². The Bertz CT molecular complexity index is 538. The van der Waals surface area contributed by atoms with Crippen molar-refractivity contribution in [3.8, 4) is 0 Å². The smallest absolute Gasteiger partial charge is 0.0980 e. The highest BCUT2D eigenvalue weighted by molar-refractivity contribution is 7.99. The van der Waals surface area contributed by atoms with Gasteiger partial charge in [-0.1, -0.05) is 23.4 Å². The molecule has 2 aromatic rings. The van der Waals surface area contributed by atoms with Gasteiger partial charge in [-0.05, 0) is 35.9 Å². The summed E-state index contributed by atoms with van der Waals surface area (Å²) in [5.74, 6) is 0. The molecule has 0 aliphatic carbocycles. The number of aliphatic hydroxyl groups excluding tert-OH is 1. The van der Waals surface area contributed by atoms with Crippen LogP contribution in [0, 0.1) is 0 Å². The van der Waals surface area contributed by atoms with Crippen molar-refractivity contribution in [1.29, 1.82) is 0 Å². The molecule has 2 heterocycles. The Balaban J connectivity index is 2.14. The molecular weight excluding hydrogens is 242 g/mol. The van der Waals surface area contributed by atoms with Gasteiger partial charge in [0, 0.05) is 16.1 Å². The van der Waals surface area contributed by atoms with Gasteiger partial charge in [-0.25, -0.2) is 0 Å². The lowest BCUT2D eigenvalue weighted by Crippen LogP contribution is -2.06. The van der Waals surface area contributed by atoms with Gasteiger partial charge >= 0.3 is 0 Å². The first kappa shape index (κ1) is 10.3. The largest absolute Gasteiger partial charge is 0.386 e. The Morgan fingerprint density at radius 2 is 2.25 bits per heavy atom. The zero-order valence-electron chi connectivity index (χ0n) is 8.43. The molecule has 0 fully saturated rings. The molecule has 4 heteroatoms. The summed E-state index contributed by atoms with van der Waals surface area (Å²) in [4.78, 5) is 1.08. The van der Waals surface area contributed by atoms with E-state index in [1.165, 1.54) is 0 Å². The molecule has 0 saturated carbocycles. The summed E-state index contributed by atoms with van der Waals surface area (Å²) in [6, 6.07) is 9.73. The molecule has 0 saturated heterocycles. The summed E-state index contributed by atoms with van der Waals surface area (Å²) >= 11 is 7.62. The van der Waals surface area contributed by atoms with Gasteiger partial charge in [0.05, 0.1) is 17.7 Å². The molecule has 0 spiro atoms. The standard InChI is InChI=1S/C12H10ClNOS/c13-8-3-4-11-9(6-8)10(15)7-14-5-1-2-12(14)16-11/h1-6,10,15H,7H2. The van der Waals surface area contributed by atoms with E-state index in [-0.39, 0.29) is 0 Å². The van der Waals surface area contributed by atoms with Crippen LogP contribution in [0.15, 0.2) is 46.5 Å². The lowest BCUT2D eigenvalue weighted by Gasteiger charge is -2.11. The Morgan fingerprint density at radius 3 is 3.12 bits per heavy atom. The van der Waals surface area contributed by atoms with Crippen molar-refractivity contribution in [3.05, 3.63) is 47.1 Å². The lowest BCUT2D eigenvalue weighted by atomic mass is 10.1. The van der Waals surface area contributed by atoms with Crippen molar-refractivity contribution >= 4 is 23.4 Å². The molecule has 0 radical (unpaired) electrons. The van der Waals surface area contributed by atoms with Crippen LogP contribution in [0.5, 0.6) is 0 Å². The first-order chi connectivity index (χ1) is 7.74. The number of rotatable bonds is 0. The van der Waals surface area contributed by atoms with E-state index in [1.807, 2.05) is 30.5 Å². The fourth-order valence-electron chi connectivity index (χ4n) is 1.91. The number of benzene rings is 1. The highest BCUT2D eigenvalue weighted by atomic mass is 35.5. The number of hydrogen-bond donors (Lipinski definition) is 1. The van der Waals surface area contributed by atoms with Crippen LogP contribution < -0.4 is 0 Å². The minimum absolute atomic E-state index is 0.491. The summed E-state index contributed by atoms with van der Waals surface area (Å²) in [5, 5.41) is 12.0. The minimum Gasteiger partial charge on any atom is -0.386 e. The quantitative estimate of drug-likeness (QED) is 0.777. The van der Waals surface area contributed by atoms with Crippen molar-refractivity contribution in [3.63, 3.8) is 0 Å². The zero-order valence-corrected chi connectivity index (χ0v) is 10.0. The van der Waals surface area contributed by atoms with E-state index >= 15 is 0 Å². The average molecular weight is 252 g/mol. The van der Waals surface area contributed by atoms with Gasteiger partial charge < -0.3 is 9.67 Å². The normalized spacial score (nSPS) is 18.8. The molecule has 2 nitrogen and oxygen atoms in total. The lowest BCUT2D eigenvalue weighted by molar-refractivity contribution is 0.152. The number of hydrogen-bond acceptors (Lipinski definition) is 2. The van der Waals surface area contributed by atoms with Gasteiger partial charge in [-0.2, -0.15) is 0 Å². The fourth-order valence-corrected chi connectivity index (χ4v) is 3.17. The van der Waals surface area contributed by atoms with Crippen LogP contribution >= 0.6 is 23.4 Å². The molecule has 0 bridgehead atoms. The van der Waals surface area contributed by atoms with E-state index in [9.17, 15) is 5.11 Å². The first-order valence-corrected chi connectivity index (χ1v) is 6.24. The second-order valence-electron chi connectivity index (χ2n) is 3.80. The van der Waals surface area contributed by atoms with Gasteiger partial charge in [0.2, 0.25) is 0 Å². The second kappa shape index (κ2) is 3.84. The molecule has 1 atom stereocenters. The highest BCUT2D eigenvalue weighted by Gasteiger charge is 2.20. The third-order valence-electron chi connectivity index (χ3n) is 2.70. The van der Waals surface area contributed by atoms with Crippen molar-refractivity contribution < 1.29 is 5.11 Å². The summed E-state index contributed by atoms with van der Waals surface area (Å²) < 4.78 is 2.06. The summed E-state index contributed by atoms with van der Waals surface area (Å²) in [6.45, 7) is 0.586. The van der Waals surface area contributed by atoms with Crippen molar-refractivity contribution in [1.82, 2.24) is 4.57 Å². The van der Waals surface area contributed by atoms with Crippen LogP contribution in [0.3, 0.4) is 0 Å². The number of halogens is 1. The predicted molar refractivity (Wildman–Crippen MR) is 65.0 cm³/mol. The fraction of sp³-hybridized carbons (Fsp3) is 0.167. The number of nitrogens with zero attached hydrogens (tertiary/aromatic N) is 1. The molecule has 3 rings (SSSR count). The Morgan fingerprint density at radius 1 is 1.38 bits per heavy atom. The summed E-state index contributed by atoms with van der Waals surface area (Å²) in [6.07, 6.45) is 1.49. The van der Waals surface area contributed by atoms with Gasteiger partial charge in [0.25, 0.3) is 0 Å². The second-order valence-corrected chi connectivity index (χ2v) is 5.30. The molecule has 1 N–H and O–H groups in total. The Kier molecular flexibility index (Phi) is 2.46. The van der Waals surface area contributed by atoms with E-state index in [0.29, 0.717) is 11.6 Å². The van der Waals surface area contributed by atoms with Crippen LogP contribution in [0.4, 0.5) is 0 Å². The van der Waals surface area contributed by atoms with Crippen LogP contribution in [-0.2, 0) is 6.54 Å². The maximum Gasteiger partial charge on any atom is 0.0980 e. The third-order valence-corrected chi connectivity index (χ3v) is 4.11. The van der Waals surface area contributed by atoms with Crippen molar-refractivity contribution in [2.45, 2.75) is 22.6 Å². The van der Waals surface area contributed by atoms with Crippen LogP contribution in [0.2, 0.25) is 5.02 Å². The SMILES string of the molecule is OC1Cn2cccc2Sc2ccc(Cl)cc21. The van der Waals surface area contributed by atoms with Crippen LogP contribution in [0.1, 0.15) is 11.7 Å². The van der Waals surface area contributed by atoms with Gasteiger partial charge in [0.15, 0.2) is 0 Å². The summed E-state index contributed by atoms with van der Waals surface area (Å²) in [5.41, 5.74) is 0.918. The molecule has 16 heavy (non-hydrogen) atoms. The monoisotopic (exact) mass is 251 g/mol. The van der Waals surface area contributed by atoms with Crippen molar-refractivity contribution in [2.24, 2.45) is 0 Å². The molecule has 1 aliphatic heterocycles. The van der Waals surface area contributed by atoms with Crippen molar-refractivity contribution in [2.75, 3.05) is 0 Å². The number of aliphatic hydroxyl groups is 1. The van der Waals surface area contributed by atoms with E-state index in [4.69, 9.17) is 11.6 Å². The first-order valence-electron chi connectivity index (χ1n) is 5.04. The van der Waals surface area contributed by atoms with E-state index in [0.717, 1.165) is 15.5 Å². The van der Waals surface area contributed by atoms with Gasteiger partial charge in [-0.3, -0.25) is 0 Å². The maximum absolute atomic E-state index is 10.1. The van der Waals surface area contributed by atoms with E-state index in [2.05, 4.69) is 10.6 Å². The Labute approximate surface area is 103 Å². The molecule has 0 amide bonds. The molecule has 1 unspecified atom stereocenters. The van der Waals surface area contributed by atoms with Crippen LogP contribution in [-0.4, -0.2) is 9.67 Å².